The molecule has 12 rings (SSSR count). The summed E-state index contributed by atoms with van der Waals surface area (Å²) in [5, 5.41) is 79.6. The highest BCUT2D eigenvalue weighted by atomic mass is 79.9. The molecule has 2 atom stereocenters. The Morgan fingerprint density at radius 1 is 0.456 bits per heavy atom. The van der Waals surface area contributed by atoms with Gasteiger partial charge in [0.15, 0.2) is 30.8 Å². The van der Waals surface area contributed by atoms with Crippen molar-refractivity contribution in [3.63, 3.8) is 0 Å². The van der Waals surface area contributed by atoms with Gasteiger partial charge in [-0.2, -0.15) is 0 Å². The van der Waals surface area contributed by atoms with E-state index in [0.717, 1.165) is 134 Å². The fraction of sp³-hybridized carbons (Fsp3) is 0.333. The number of hydrogen-bond acceptors (Lipinski definition) is 18. The number of carboxylic acid groups (broad SMARTS) is 3. The van der Waals surface area contributed by atoms with Crippen molar-refractivity contribution in [2.75, 3.05) is 31.2 Å². The molecule has 0 bridgehead atoms. The SMILES string of the molecule is CC(C)c1cc(Oc2c(Br)cc(NC(=O)CC(=O)O)cc2Br)ccc1O.CC(C)c1cc(Oc2c(Cl)cc(CC(=O)O)cc2Cl)ccc1O.Cc1cc(OCC(=O)O)cc(C)c1Cc1ccc(O)c(C(C)C)c1.Cc1cc(OCP(=O)(O)O)cc(C)c1Cc1ccc(O)c(C(C)C)c1.Cc1cc(OCP2(=O)OCCCCC[C@@H](c3cccc(Cl)c3)O2)cc(C)c1Cc1ccc(O)c(C(C)C)c1. The predicted octanol–water partition coefficient (Wildman–Crippen LogP) is 28.2. The average Bonchev–Trinajstić information content (AvgIpc) is 0.832. The van der Waals surface area contributed by atoms with Crippen molar-refractivity contribution in [3.05, 3.63) is 306 Å². The van der Waals surface area contributed by atoms with Crippen LogP contribution in [-0.4, -0.2) is 100 Å². The van der Waals surface area contributed by atoms with Gasteiger partial charge in [-0.25, -0.2) is 4.79 Å². The van der Waals surface area contributed by atoms with Gasteiger partial charge in [-0.1, -0.05) is 165 Å². The molecule has 0 aromatic heterocycles. The van der Waals surface area contributed by atoms with Crippen molar-refractivity contribution in [2.45, 2.75) is 204 Å². The molecule has 1 amide bonds. The van der Waals surface area contributed by atoms with E-state index in [-0.39, 0.29) is 82.4 Å². The van der Waals surface area contributed by atoms with E-state index >= 15 is 0 Å². The first-order chi connectivity index (χ1) is 63.9. The number of rotatable bonds is 30. The summed E-state index contributed by atoms with van der Waals surface area (Å²) in [4.78, 5) is 61.4. The number of halogens is 5. The Labute approximate surface area is 827 Å². The Morgan fingerprint density at radius 3 is 1.23 bits per heavy atom. The summed E-state index contributed by atoms with van der Waals surface area (Å²) in [6.45, 7) is 32.3. The Morgan fingerprint density at radius 2 is 0.846 bits per heavy atom. The van der Waals surface area contributed by atoms with Gasteiger partial charge < -0.3 is 84.2 Å². The van der Waals surface area contributed by atoms with Crippen LogP contribution in [0.3, 0.4) is 0 Å². The topological polar surface area (TPSA) is 381 Å². The van der Waals surface area contributed by atoms with Crippen LogP contribution in [0, 0.1) is 41.5 Å². The molecule has 1 fully saturated rings. The van der Waals surface area contributed by atoms with Gasteiger partial charge in [-0.3, -0.25) is 28.0 Å². The molecule has 0 radical (unpaired) electrons. The summed E-state index contributed by atoms with van der Waals surface area (Å²) in [5.74, 6) is 2.07. The Bertz CT molecular complexity index is 6040. The highest BCUT2D eigenvalue weighted by Crippen LogP contribution is 2.55. The van der Waals surface area contributed by atoms with Crippen molar-refractivity contribution in [1.82, 2.24) is 0 Å². The van der Waals surface area contributed by atoms with E-state index in [1.54, 1.807) is 78.9 Å². The molecule has 11 aromatic carbocycles. The van der Waals surface area contributed by atoms with Gasteiger partial charge in [0, 0.05) is 21.8 Å². The van der Waals surface area contributed by atoms with Gasteiger partial charge >= 0.3 is 33.1 Å². The van der Waals surface area contributed by atoms with Crippen LogP contribution in [0.1, 0.15) is 243 Å². The van der Waals surface area contributed by atoms with Crippen LogP contribution in [0.5, 0.6) is 69.0 Å². The zero-order valence-corrected chi connectivity index (χ0v) is 86.2. The van der Waals surface area contributed by atoms with Gasteiger partial charge in [0.25, 0.3) is 0 Å². The Balaban J connectivity index is 0.000000212. The van der Waals surface area contributed by atoms with E-state index in [1.165, 1.54) is 23.3 Å². The Hall–Kier alpha value is -10.6. The van der Waals surface area contributed by atoms with Crippen molar-refractivity contribution in [2.24, 2.45) is 0 Å². The third-order valence-electron chi connectivity index (χ3n) is 22.0. The summed E-state index contributed by atoms with van der Waals surface area (Å²) in [5.41, 5.74) is 19.4. The number of hydrogen-bond donors (Lipinski definition) is 11. The molecule has 1 aliphatic heterocycles. The quantitative estimate of drug-likeness (QED) is 0.0147. The van der Waals surface area contributed by atoms with Crippen LogP contribution < -0.4 is 29.0 Å². The van der Waals surface area contributed by atoms with Gasteiger partial charge in [0.05, 0.1) is 38.1 Å². The van der Waals surface area contributed by atoms with E-state index in [9.17, 15) is 53.8 Å². The Kier molecular flexibility index (Phi) is 41.7. The fourth-order valence-corrected chi connectivity index (χ4v) is 19.0. The standard InChI is InChI=1S/C31H38ClO5P.C20H24O4.C19H25O5P.C18H17Br2NO5.C17H16Cl2O4/c1-21(2)28-17-24(12-13-30(28)33)18-29-22(3)15-27(16-23(29)4)35-20-38(34)36-14-7-5-6-11-31(37-38)25-9-8-10-26(32)19-25;1-12(2)17-9-15(5-6-19(17)21)10-18-13(3)7-16(8-14(18)4)24-11-20(22)23;1-12(2)17-9-15(5-6-19(17)20)10-18-13(3)7-16(8-14(18)4)24-11-25(21,22)23;1-9(2)12-7-11(3-4-15(12)22)26-18-13(19)5-10(6-14(18)20)21-16(23)8-17(24)25;1-9(2)12-8-11(3-4-15(12)20)23-17-13(18)5-10(6-14(17)19)7-16(21)22/h8-10,12-13,15-17,19,21,31,33H,5-7,11,14,18,20H2,1-4H3;5-9,12,21H,10-11H2,1-4H3,(H,22,23);5-9,12,20H,10-11H2,1-4H3,(H2,21,22,23);3-7,9,22H,8H2,1-2H3,(H,21,23)(H,24,25);3-6,8-9,20H,7H2,1-2H3,(H,21,22)/t31-,38?;;;;/m0..../s1. The highest BCUT2D eigenvalue weighted by molar-refractivity contribution is 9.11. The van der Waals surface area contributed by atoms with E-state index in [4.69, 9.17) is 92.6 Å². The number of carbonyl (C=O) groups excluding carboxylic acids is 1. The van der Waals surface area contributed by atoms with E-state index < -0.39 is 51.8 Å². The normalized spacial score (nSPS) is 13.7. The summed E-state index contributed by atoms with van der Waals surface area (Å²) >= 11 is 25.3. The number of aryl methyl sites for hydroxylation is 6. The third-order valence-corrected chi connectivity index (χ3v) is 26.1. The van der Waals surface area contributed by atoms with Crippen molar-refractivity contribution in [1.29, 1.82) is 0 Å². The number of carbonyl (C=O) groups is 4. The smallest absolute Gasteiger partial charge is 0.368 e. The molecule has 728 valence electrons. The number of anilines is 1. The molecule has 11 N–H and O–H groups in total. The maximum atomic E-state index is 13.8. The lowest BCUT2D eigenvalue weighted by molar-refractivity contribution is -0.140. The minimum absolute atomic E-state index is 0.127. The molecule has 31 heteroatoms. The number of aromatic hydroxyl groups is 5. The lowest BCUT2D eigenvalue weighted by atomic mass is 9.93. The summed E-state index contributed by atoms with van der Waals surface area (Å²) < 4.78 is 66.0. The van der Waals surface area contributed by atoms with Crippen molar-refractivity contribution < 1.29 is 112 Å². The fourth-order valence-electron chi connectivity index (χ4n) is 15.0. The number of phenols is 5. The first kappa shape index (κ1) is 111. The summed E-state index contributed by atoms with van der Waals surface area (Å²) in [6.07, 6.45) is 3.83. The lowest BCUT2D eigenvalue weighted by Gasteiger charge is -2.24. The molecule has 1 heterocycles. The predicted molar refractivity (Wildman–Crippen MR) is 541 cm³/mol. The zero-order valence-electron chi connectivity index (χ0n) is 79.0. The molecule has 1 aliphatic rings. The number of phenolic OH excluding ortho intramolecular Hbond substituents is 5. The maximum Gasteiger partial charge on any atom is 0.368 e. The molecule has 1 unspecified atom stereocenters. The van der Waals surface area contributed by atoms with Crippen LogP contribution in [-0.2, 0) is 63.0 Å². The number of carboxylic acids is 3. The number of amides is 1. The highest BCUT2D eigenvalue weighted by Gasteiger charge is 2.33. The number of ether oxygens (including phenoxy) is 5. The second-order valence-electron chi connectivity index (χ2n) is 34.9. The second kappa shape index (κ2) is 51.2. The molecule has 0 aliphatic carbocycles. The molecular weight excluding hydrogens is 1970 g/mol. The third kappa shape index (κ3) is 34.2. The number of aliphatic carboxylic acids is 3. The minimum atomic E-state index is -4.19. The molecular formula is C105H120Br2Cl3NO23P2. The van der Waals surface area contributed by atoms with Crippen LogP contribution in [0.4, 0.5) is 5.69 Å². The average molecular weight is 2090 g/mol. The first-order valence-electron chi connectivity index (χ1n) is 44.2. The van der Waals surface area contributed by atoms with E-state index in [1.807, 2.05) is 148 Å². The van der Waals surface area contributed by atoms with Gasteiger partial charge in [0.2, 0.25) is 5.91 Å². The van der Waals surface area contributed by atoms with Gasteiger partial charge in [-0.15, -0.1) is 0 Å². The van der Waals surface area contributed by atoms with Crippen molar-refractivity contribution in [3.8, 4) is 69.0 Å². The van der Waals surface area contributed by atoms with Crippen LogP contribution in [0.25, 0.3) is 0 Å². The van der Waals surface area contributed by atoms with Crippen LogP contribution in [0.15, 0.2) is 185 Å². The molecule has 24 nitrogen and oxygen atoms in total. The van der Waals surface area contributed by atoms with E-state index in [2.05, 4.69) is 84.8 Å². The molecule has 11 aromatic rings. The van der Waals surface area contributed by atoms with Crippen molar-refractivity contribution >= 4 is 111 Å². The minimum Gasteiger partial charge on any atom is -0.508 e. The summed E-state index contributed by atoms with van der Waals surface area (Å²) in [6, 6.07) is 52.2. The number of benzene rings is 11. The second-order valence-corrected chi connectivity index (χ2v) is 41.4. The van der Waals surface area contributed by atoms with E-state index in [0.29, 0.717) is 83.6 Å². The van der Waals surface area contributed by atoms with Crippen LogP contribution >= 0.6 is 81.9 Å². The molecule has 136 heavy (non-hydrogen) atoms. The maximum absolute atomic E-state index is 13.8. The molecule has 0 spiro atoms. The molecule has 0 saturated carbocycles. The summed E-state index contributed by atoms with van der Waals surface area (Å²) in [7, 11) is -7.71. The largest absolute Gasteiger partial charge is 0.508 e. The molecule has 1 saturated heterocycles. The van der Waals surface area contributed by atoms with Gasteiger partial charge in [-0.05, 0) is 357 Å². The lowest BCUT2D eigenvalue weighted by Crippen LogP contribution is -2.15. The zero-order chi connectivity index (χ0) is 100. The van der Waals surface area contributed by atoms with Gasteiger partial charge in [0.1, 0.15) is 63.9 Å². The van der Waals surface area contributed by atoms with Crippen LogP contribution in [0.2, 0.25) is 15.1 Å². The first-order valence-corrected chi connectivity index (χ1v) is 50.5. The number of nitrogens with one attached hydrogen (secondary N) is 1. The monoisotopic (exact) mass is 2090 g/mol.